The summed E-state index contributed by atoms with van der Waals surface area (Å²) in [5.41, 5.74) is 1.29. The van der Waals surface area contributed by atoms with Crippen LogP contribution in [-0.4, -0.2) is 24.2 Å². The summed E-state index contributed by atoms with van der Waals surface area (Å²) < 4.78 is 0. The van der Waals surface area contributed by atoms with Gasteiger partial charge in [0.1, 0.15) is 0 Å². The van der Waals surface area contributed by atoms with E-state index in [-0.39, 0.29) is 11.9 Å². The lowest BCUT2D eigenvalue weighted by atomic mass is 10.1. The van der Waals surface area contributed by atoms with Crippen molar-refractivity contribution in [2.24, 2.45) is 0 Å². The van der Waals surface area contributed by atoms with Crippen molar-refractivity contribution in [1.82, 2.24) is 10.6 Å². The third-order valence-electron chi connectivity index (χ3n) is 2.92. The van der Waals surface area contributed by atoms with Gasteiger partial charge in [-0.05, 0) is 45.0 Å². The third-order valence-corrected chi connectivity index (χ3v) is 3.91. The van der Waals surface area contributed by atoms with E-state index in [9.17, 15) is 4.79 Å². The second kappa shape index (κ2) is 9.03. The maximum Gasteiger partial charge on any atom is 0.221 e. The fourth-order valence-corrected chi connectivity index (χ4v) is 2.87. The van der Waals surface area contributed by atoms with Crippen molar-refractivity contribution in [3.05, 3.63) is 29.8 Å². The minimum atomic E-state index is 0.129. The van der Waals surface area contributed by atoms with Gasteiger partial charge in [-0.3, -0.25) is 4.79 Å². The molecule has 1 atom stereocenters. The monoisotopic (exact) mass is 294 g/mol. The zero-order chi connectivity index (χ0) is 15.0. The number of hydrogen-bond acceptors (Lipinski definition) is 3. The quantitative estimate of drug-likeness (QED) is 0.722. The van der Waals surface area contributed by atoms with E-state index in [1.54, 1.807) is 11.8 Å². The van der Waals surface area contributed by atoms with E-state index in [4.69, 9.17) is 0 Å². The first-order chi connectivity index (χ1) is 9.52. The molecule has 0 spiro atoms. The van der Waals surface area contributed by atoms with Crippen LogP contribution in [0.3, 0.4) is 0 Å². The molecule has 0 aliphatic rings. The third kappa shape index (κ3) is 6.44. The minimum absolute atomic E-state index is 0.129. The van der Waals surface area contributed by atoms with E-state index in [1.165, 1.54) is 10.5 Å². The minimum Gasteiger partial charge on any atom is -0.354 e. The van der Waals surface area contributed by atoms with Crippen LogP contribution in [0, 0.1) is 0 Å². The van der Waals surface area contributed by atoms with Gasteiger partial charge >= 0.3 is 0 Å². The van der Waals surface area contributed by atoms with Gasteiger partial charge < -0.3 is 10.6 Å². The van der Waals surface area contributed by atoms with Crippen molar-refractivity contribution in [3.63, 3.8) is 0 Å². The van der Waals surface area contributed by atoms with Crippen LogP contribution >= 0.6 is 11.8 Å². The summed E-state index contributed by atoms with van der Waals surface area (Å²) in [7, 11) is 0. The van der Waals surface area contributed by atoms with Crippen molar-refractivity contribution in [2.45, 2.75) is 51.1 Å². The first-order valence-corrected chi connectivity index (χ1v) is 8.27. The van der Waals surface area contributed by atoms with Crippen molar-refractivity contribution >= 4 is 17.7 Å². The van der Waals surface area contributed by atoms with Gasteiger partial charge in [0.25, 0.3) is 0 Å². The van der Waals surface area contributed by atoms with E-state index in [1.807, 2.05) is 13.8 Å². The van der Waals surface area contributed by atoms with Gasteiger partial charge in [-0.1, -0.05) is 19.1 Å². The molecule has 4 heteroatoms. The molecule has 0 fully saturated rings. The lowest BCUT2D eigenvalue weighted by Gasteiger charge is -2.13. The Morgan fingerprint density at radius 2 is 2.05 bits per heavy atom. The molecule has 1 amide bonds. The topological polar surface area (TPSA) is 41.1 Å². The van der Waals surface area contributed by atoms with Crippen molar-refractivity contribution in [3.8, 4) is 0 Å². The van der Waals surface area contributed by atoms with Crippen LogP contribution in [0.2, 0.25) is 0 Å². The second-order valence-corrected chi connectivity index (χ2v) is 6.34. The molecule has 112 valence electrons. The fourth-order valence-electron chi connectivity index (χ4n) is 1.95. The molecule has 0 aliphatic heterocycles. The predicted octanol–water partition coefficient (Wildman–Crippen LogP) is 3.36. The zero-order valence-electron chi connectivity index (χ0n) is 12.9. The molecule has 0 saturated carbocycles. The lowest BCUT2D eigenvalue weighted by Crippen LogP contribution is -2.30. The van der Waals surface area contributed by atoms with Crippen LogP contribution in [0.15, 0.2) is 29.2 Å². The van der Waals surface area contributed by atoms with Crippen molar-refractivity contribution in [2.75, 3.05) is 12.3 Å². The first-order valence-electron chi connectivity index (χ1n) is 7.28. The standard InChI is InChI=1S/C16H26N2OS/c1-5-17-13(4)14-7-6-8-15(11-14)20-10-9-16(19)18-12(2)3/h6-8,11-13,17H,5,9-10H2,1-4H3,(H,18,19). The van der Waals surface area contributed by atoms with Gasteiger partial charge in [-0.25, -0.2) is 0 Å². The van der Waals surface area contributed by atoms with Gasteiger partial charge in [-0.2, -0.15) is 0 Å². The van der Waals surface area contributed by atoms with Crippen LogP contribution < -0.4 is 10.6 Å². The Bertz CT molecular complexity index is 421. The molecule has 0 bridgehead atoms. The molecular formula is C16H26N2OS. The molecule has 2 N–H and O–H groups in total. The van der Waals surface area contributed by atoms with Crippen LogP contribution in [0.1, 0.15) is 45.7 Å². The molecule has 0 aromatic heterocycles. The highest BCUT2D eigenvalue weighted by atomic mass is 32.2. The van der Waals surface area contributed by atoms with Crippen molar-refractivity contribution in [1.29, 1.82) is 0 Å². The maximum absolute atomic E-state index is 11.6. The average Bonchev–Trinajstić information content (AvgIpc) is 2.38. The highest BCUT2D eigenvalue weighted by Crippen LogP contribution is 2.22. The smallest absolute Gasteiger partial charge is 0.221 e. The SMILES string of the molecule is CCNC(C)c1cccc(SCCC(=O)NC(C)C)c1. The number of benzene rings is 1. The van der Waals surface area contributed by atoms with Crippen molar-refractivity contribution < 1.29 is 4.79 Å². The summed E-state index contributed by atoms with van der Waals surface area (Å²) in [6.45, 7) is 9.22. The Morgan fingerprint density at radius 1 is 1.30 bits per heavy atom. The molecule has 3 nitrogen and oxygen atoms in total. The molecule has 1 unspecified atom stereocenters. The van der Waals surface area contributed by atoms with Crippen LogP contribution in [0.25, 0.3) is 0 Å². The molecule has 1 rings (SSSR count). The summed E-state index contributed by atoms with van der Waals surface area (Å²) in [5, 5.41) is 6.32. The molecule has 1 aromatic carbocycles. The van der Waals surface area contributed by atoms with Gasteiger partial charge in [0.2, 0.25) is 5.91 Å². The molecular weight excluding hydrogens is 268 g/mol. The van der Waals surface area contributed by atoms with E-state index in [0.717, 1.165) is 12.3 Å². The van der Waals surface area contributed by atoms with Crippen LogP contribution in [-0.2, 0) is 4.79 Å². The second-order valence-electron chi connectivity index (χ2n) is 5.17. The number of nitrogens with one attached hydrogen (secondary N) is 2. The van der Waals surface area contributed by atoms with Gasteiger partial charge in [0.05, 0.1) is 0 Å². The summed E-state index contributed by atoms with van der Waals surface area (Å²) in [6, 6.07) is 9.12. The molecule has 0 radical (unpaired) electrons. The zero-order valence-corrected chi connectivity index (χ0v) is 13.7. The van der Waals surface area contributed by atoms with E-state index in [0.29, 0.717) is 12.5 Å². The highest BCUT2D eigenvalue weighted by Gasteiger charge is 2.06. The largest absolute Gasteiger partial charge is 0.354 e. The Morgan fingerprint density at radius 3 is 2.70 bits per heavy atom. The molecule has 0 saturated heterocycles. The average molecular weight is 294 g/mol. The van der Waals surface area contributed by atoms with E-state index < -0.39 is 0 Å². The summed E-state index contributed by atoms with van der Waals surface area (Å²) >= 11 is 1.74. The fraction of sp³-hybridized carbons (Fsp3) is 0.562. The Hall–Kier alpha value is -1.00. The summed E-state index contributed by atoms with van der Waals surface area (Å²) in [5.74, 6) is 0.946. The molecule has 0 aliphatic carbocycles. The predicted molar refractivity (Wildman–Crippen MR) is 87.2 cm³/mol. The molecule has 20 heavy (non-hydrogen) atoms. The number of hydrogen-bond donors (Lipinski definition) is 2. The Labute approximate surface area is 126 Å². The molecule has 1 aromatic rings. The van der Waals surface area contributed by atoms with E-state index >= 15 is 0 Å². The van der Waals surface area contributed by atoms with E-state index in [2.05, 4.69) is 48.7 Å². The Kier molecular flexibility index (Phi) is 7.70. The number of amides is 1. The summed E-state index contributed by atoms with van der Waals surface area (Å²) in [6.07, 6.45) is 0.565. The maximum atomic E-state index is 11.6. The first kappa shape index (κ1) is 17.1. The number of carbonyl (C=O) groups excluding carboxylic acids is 1. The number of thioether (sulfide) groups is 1. The highest BCUT2D eigenvalue weighted by molar-refractivity contribution is 7.99. The summed E-state index contributed by atoms with van der Waals surface area (Å²) in [4.78, 5) is 12.8. The lowest BCUT2D eigenvalue weighted by molar-refractivity contribution is -0.121. The number of carbonyl (C=O) groups is 1. The van der Waals surface area contributed by atoms with Crippen LogP contribution in [0.5, 0.6) is 0 Å². The van der Waals surface area contributed by atoms with Gasteiger partial charge in [-0.15, -0.1) is 11.8 Å². The number of rotatable bonds is 8. The Balaban J connectivity index is 2.44. The van der Waals surface area contributed by atoms with Crippen LogP contribution in [0.4, 0.5) is 0 Å². The van der Waals surface area contributed by atoms with Gasteiger partial charge in [0, 0.05) is 29.2 Å². The molecule has 0 heterocycles. The van der Waals surface area contributed by atoms with Gasteiger partial charge in [0.15, 0.2) is 0 Å². The normalized spacial score (nSPS) is 12.4.